The minimum absolute atomic E-state index is 0.157. The van der Waals surface area contributed by atoms with Gasteiger partial charge >= 0.3 is 0 Å². The minimum Gasteiger partial charge on any atom is -0.481 e. The van der Waals surface area contributed by atoms with Crippen molar-refractivity contribution in [3.8, 4) is 5.88 Å². The van der Waals surface area contributed by atoms with E-state index in [1.807, 2.05) is 37.1 Å². The number of rotatable bonds is 6. The second-order valence-electron chi connectivity index (χ2n) is 6.27. The highest BCUT2D eigenvalue weighted by Crippen LogP contribution is 2.21. The number of nitrogens with zero attached hydrogens (tertiary/aromatic N) is 3. The molecule has 5 nitrogen and oxygen atoms in total. The summed E-state index contributed by atoms with van der Waals surface area (Å²) in [6, 6.07) is 4.27. The molecule has 2 aromatic rings. The summed E-state index contributed by atoms with van der Waals surface area (Å²) in [5.74, 6) is 0.643. The maximum Gasteiger partial charge on any atom is 0.212 e. The van der Waals surface area contributed by atoms with Crippen LogP contribution in [0.4, 0.5) is 0 Å². The van der Waals surface area contributed by atoms with Gasteiger partial charge in [-0.2, -0.15) is 0 Å². The van der Waals surface area contributed by atoms with Crippen molar-refractivity contribution in [2.45, 2.75) is 39.9 Å². The van der Waals surface area contributed by atoms with E-state index in [-0.39, 0.29) is 5.41 Å². The highest BCUT2D eigenvalue weighted by Gasteiger charge is 2.24. The van der Waals surface area contributed by atoms with Crippen molar-refractivity contribution in [2.75, 3.05) is 7.11 Å². The van der Waals surface area contributed by atoms with Gasteiger partial charge in [0.15, 0.2) is 0 Å². The van der Waals surface area contributed by atoms with Gasteiger partial charge in [0.25, 0.3) is 0 Å². The lowest BCUT2D eigenvalue weighted by Gasteiger charge is -2.32. The van der Waals surface area contributed by atoms with E-state index in [0.29, 0.717) is 11.9 Å². The van der Waals surface area contributed by atoms with E-state index in [1.165, 1.54) is 0 Å². The van der Waals surface area contributed by atoms with Crippen LogP contribution in [0.1, 0.15) is 26.3 Å². The minimum atomic E-state index is 0.157. The normalized spacial score (nSPS) is 13.1. The van der Waals surface area contributed by atoms with E-state index >= 15 is 0 Å². The Hall–Kier alpha value is -1.88. The number of hydrogen-bond acceptors (Lipinski definition) is 4. The molecule has 0 aliphatic rings. The largest absolute Gasteiger partial charge is 0.481 e. The van der Waals surface area contributed by atoms with Crippen LogP contribution in [0.5, 0.6) is 5.88 Å². The molecule has 1 N–H and O–H groups in total. The van der Waals surface area contributed by atoms with Crippen molar-refractivity contribution in [1.29, 1.82) is 0 Å². The van der Waals surface area contributed by atoms with Crippen molar-refractivity contribution in [2.24, 2.45) is 5.41 Å². The lowest BCUT2D eigenvalue weighted by Crippen LogP contribution is -2.43. The summed E-state index contributed by atoms with van der Waals surface area (Å²) in [6.45, 7) is 8.41. The van der Waals surface area contributed by atoms with Gasteiger partial charge in [-0.3, -0.25) is 0 Å². The fourth-order valence-corrected chi connectivity index (χ4v) is 2.13. The molecule has 1 atom stereocenters. The molecule has 21 heavy (non-hydrogen) atoms. The van der Waals surface area contributed by atoms with Crippen LogP contribution in [0, 0.1) is 5.41 Å². The third-order valence-electron chi connectivity index (χ3n) is 3.56. The first kappa shape index (κ1) is 15.5. The summed E-state index contributed by atoms with van der Waals surface area (Å²) in [5, 5.41) is 3.62. The highest BCUT2D eigenvalue weighted by atomic mass is 16.5. The molecule has 0 saturated heterocycles. The molecule has 0 bridgehead atoms. The topological polar surface area (TPSA) is 52.0 Å². The van der Waals surface area contributed by atoms with Crippen molar-refractivity contribution < 1.29 is 4.74 Å². The molecule has 0 aliphatic carbocycles. The van der Waals surface area contributed by atoms with Gasteiger partial charge in [0, 0.05) is 43.8 Å². The van der Waals surface area contributed by atoms with Gasteiger partial charge in [0.1, 0.15) is 0 Å². The molecular formula is C16H24N4O. The van der Waals surface area contributed by atoms with Crippen LogP contribution in [0.25, 0.3) is 0 Å². The summed E-state index contributed by atoms with van der Waals surface area (Å²) < 4.78 is 7.18. The Morgan fingerprint density at radius 3 is 2.67 bits per heavy atom. The zero-order valence-corrected chi connectivity index (χ0v) is 13.2. The average molecular weight is 288 g/mol. The van der Waals surface area contributed by atoms with E-state index in [9.17, 15) is 0 Å². The Labute approximate surface area is 126 Å². The lowest BCUT2D eigenvalue weighted by molar-refractivity contribution is 0.240. The molecule has 0 aromatic carbocycles. The SMILES string of the molecule is COc1ccc(CNC(Cn2ccnc2)C(C)(C)C)cn1. The van der Waals surface area contributed by atoms with Crippen molar-refractivity contribution >= 4 is 0 Å². The molecule has 0 radical (unpaired) electrons. The van der Waals surface area contributed by atoms with E-state index < -0.39 is 0 Å². The first-order valence-electron chi connectivity index (χ1n) is 7.17. The molecule has 0 amide bonds. The van der Waals surface area contributed by atoms with Gasteiger partial charge in [-0.05, 0) is 11.0 Å². The number of hydrogen-bond donors (Lipinski definition) is 1. The lowest BCUT2D eigenvalue weighted by atomic mass is 9.86. The zero-order chi connectivity index (χ0) is 15.3. The Kier molecular flexibility index (Phi) is 4.96. The second kappa shape index (κ2) is 6.72. The van der Waals surface area contributed by atoms with Crippen LogP contribution < -0.4 is 10.1 Å². The average Bonchev–Trinajstić information content (AvgIpc) is 2.96. The van der Waals surface area contributed by atoms with Crippen LogP contribution >= 0.6 is 0 Å². The number of nitrogens with one attached hydrogen (secondary N) is 1. The molecule has 2 rings (SSSR count). The van der Waals surface area contributed by atoms with E-state index in [0.717, 1.165) is 18.7 Å². The fraction of sp³-hybridized carbons (Fsp3) is 0.500. The van der Waals surface area contributed by atoms with Crippen molar-refractivity contribution in [3.63, 3.8) is 0 Å². The molecule has 114 valence electrons. The fourth-order valence-electron chi connectivity index (χ4n) is 2.13. The number of imidazole rings is 1. The standard InChI is InChI=1S/C16H24N4O/c1-16(2,3)14(11-20-8-7-17-12-20)18-9-13-5-6-15(21-4)19-10-13/h5-8,10,12,14,18H,9,11H2,1-4H3. The Bertz CT molecular complexity index is 528. The molecular weight excluding hydrogens is 264 g/mol. The molecule has 2 heterocycles. The molecule has 0 fully saturated rings. The Morgan fingerprint density at radius 2 is 2.14 bits per heavy atom. The smallest absolute Gasteiger partial charge is 0.212 e. The van der Waals surface area contributed by atoms with E-state index in [1.54, 1.807) is 7.11 Å². The van der Waals surface area contributed by atoms with E-state index in [2.05, 4.69) is 40.6 Å². The zero-order valence-electron chi connectivity index (χ0n) is 13.2. The molecule has 0 aliphatic heterocycles. The van der Waals surface area contributed by atoms with Gasteiger partial charge in [-0.15, -0.1) is 0 Å². The number of methoxy groups -OCH3 is 1. The van der Waals surface area contributed by atoms with Gasteiger partial charge in [-0.1, -0.05) is 26.8 Å². The third kappa shape index (κ3) is 4.56. The summed E-state index contributed by atoms with van der Waals surface area (Å²) in [6.07, 6.45) is 7.51. The third-order valence-corrected chi connectivity index (χ3v) is 3.56. The van der Waals surface area contributed by atoms with Crippen LogP contribution in [-0.2, 0) is 13.1 Å². The molecule has 1 unspecified atom stereocenters. The van der Waals surface area contributed by atoms with Gasteiger partial charge in [0.2, 0.25) is 5.88 Å². The van der Waals surface area contributed by atoms with Gasteiger partial charge in [-0.25, -0.2) is 9.97 Å². The van der Waals surface area contributed by atoms with Crippen LogP contribution in [0.3, 0.4) is 0 Å². The summed E-state index contributed by atoms with van der Waals surface area (Å²) in [4.78, 5) is 8.34. The van der Waals surface area contributed by atoms with Gasteiger partial charge in [0.05, 0.1) is 13.4 Å². The van der Waals surface area contributed by atoms with Crippen LogP contribution in [-0.4, -0.2) is 27.7 Å². The van der Waals surface area contributed by atoms with Crippen molar-refractivity contribution in [3.05, 3.63) is 42.6 Å². The molecule has 0 saturated carbocycles. The predicted molar refractivity (Wildman–Crippen MR) is 83.1 cm³/mol. The first-order chi connectivity index (χ1) is 9.99. The quantitative estimate of drug-likeness (QED) is 0.887. The van der Waals surface area contributed by atoms with Crippen molar-refractivity contribution in [1.82, 2.24) is 19.9 Å². The first-order valence-corrected chi connectivity index (χ1v) is 7.17. The summed E-state index contributed by atoms with van der Waals surface area (Å²) >= 11 is 0. The maximum absolute atomic E-state index is 5.08. The number of ether oxygens (including phenoxy) is 1. The van der Waals surface area contributed by atoms with Crippen LogP contribution in [0.15, 0.2) is 37.1 Å². The molecule has 5 heteroatoms. The monoisotopic (exact) mass is 288 g/mol. The number of pyridine rings is 1. The maximum atomic E-state index is 5.08. The highest BCUT2D eigenvalue weighted by molar-refractivity contribution is 5.17. The molecule has 2 aromatic heterocycles. The Morgan fingerprint density at radius 1 is 1.33 bits per heavy atom. The number of aromatic nitrogens is 3. The summed E-state index contributed by atoms with van der Waals surface area (Å²) in [5.41, 5.74) is 1.31. The molecule has 0 spiro atoms. The summed E-state index contributed by atoms with van der Waals surface area (Å²) in [7, 11) is 1.63. The second-order valence-corrected chi connectivity index (χ2v) is 6.27. The van der Waals surface area contributed by atoms with Crippen LogP contribution in [0.2, 0.25) is 0 Å². The van der Waals surface area contributed by atoms with Gasteiger partial charge < -0.3 is 14.6 Å². The Balaban J connectivity index is 1.98. The van der Waals surface area contributed by atoms with E-state index in [4.69, 9.17) is 4.74 Å². The predicted octanol–water partition coefficient (Wildman–Crippen LogP) is 2.49.